The molecule has 2 aromatic heterocycles. The molecular weight excluding hydrogens is 488 g/mol. The second kappa shape index (κ2) is 10.6. The Balaban J connectivity index is 1.57. The first-order valence-corrected chi connectivity index (χ1v) is 13.4. The molecular formula is C24H26N4O5S2. The van der Waals surface area contributed by atoms with Crippen molar-refractivity contribution in [2.75, 3.05) is 13.2 Å². The van der Waals surface area contributed by atoms with Gasteiger partial charge >= 0.3 is 0 Å². The van der Waals surface area contributed by atoms with Gasteiger partial charge in [-0.15, -0.1) is 17.8 Å². The zero-order chi connectivity index (χ0) is 25.0. The van der Waals surface area contributed by atoms with Crippen LogP contribution in [0.4, 0.5) is 0 Å². The highest BCUT2D eigenvalue weighted by Gasteiger charge is 2.42. The SMILES string of the molecule is C#CCO[C@@H]1CCN(S(=O)(=O)c2cccs2)[C@H](C(=O)N[C@H](Cc2c[nH]c3ccccc23)C(N)=O)C1. The van der Waals surface area contributed by atoms with Crippen LogP contribution in [0.1, 0.15) is 18.4 Å². The highest BCUT2D eigenvalue weighted by molar-refractivity contribution is 7.91. The third kappa shape index (κ3) is 5.41. The molecule has 0 radical (unpaired) electrons. The number of H-pyrrole nitrogens is 1. The van der Waals surface area contributed by atoms with Gasteiger partial charge in [-0.2, -0.15) is 4.31 Å². The van der Waals surface area contributed by atoms with Crippen LogP contribution in [0.3, 0.4) is 0 Å². The standard InChI is InChI=1S/C24H26N4O5S2/c1-2-11-33-17-9-10-28(35(31,32)22-8-5-12-34-22)21(14-17)24(30)27-20(23(25)29)13-16-15-26-19-7-4-3-6-18(16)19/h1,3-8,12,15,17,20-21,26H,9-11,13-14H2,(H2,25,29)(H,27,30)/t17-,20-,21+/m1/s1. The van der Waals surface area contributed by atoms with E-state index in [0.717, 1.165) is 27.8 Å². The number of carbonyl (C=O) groups is 2. The number of rotatable bonds is 9. The molecule has 0 saturated carbocycles. The summed E-state index contributed by atoms with van der Waals surface area (Å²) in [6.07, 6.45) is 7.33. The van der Waals surface area contributed by atoms with Crippen molar-refractivity contribution < 1.29 is 22.7 Å². The summed E-state index contributed by atoms with van der Waals surface area (Å²) in [6.45, 7) is 0.137. The maximum Gasteiger partial charge on any atom is 0.253 e. The number of aromatic amines is 1. The smallest absolute Gasteiger partial charge is 0.253 e. The van der Waals surface area contributed by atoms with E-state index in [-0.39, 0.29) is 30.2 Å². The van der Waals surface area contributed by atoms with Crippen molar-refractivity contribution in [3.63, 3.8) is 0 Å². The molecule has 1 aromatic carbocycles. The normalized spacial score (nSPS) is 19.7. The number of ether oxygens (including phenoxy) is 1. The summed E-state index contributed by atoms with van der Waals surface area (Å²) in [6, 6.07) is 8.61. The van der Waals surface area contributed by atoms with Crippen LogP contribution in [-0.4, -0.2) is 60.9 Å². The van der Waals surface area contributed by atoms with Crippen molar-refractivity contribution in [3.05, 3.63) is 53.5 Å². The molecule has 0 aliphatic carbocycles. The minimum absolute atomic E-state index is 0.0567. The van der Waals surface area contributed by atoms with Gasteiger partial charge in [-0.3, -0.25) is 9.59 Å². The van der Waals surface area contributed by atoms with Crippen LogP contribution < -0.4 is 11.1 Å². The summed E-state index contributed by atoms with van der Waals surface area (Å²) in [5.74, 6) is 1.07. The quantitative estimate of drug-likeness (QED) is 0.373. The van der Waals surface area contributed by atoms with Gasteiger partial charge in [-0.05, 0) is 35.9 Å². The lowest BCUT2D eigenvalue weighted by molar-refractivity contribution is -0.131. The van der Waals surface area contributed by atoms with Gasteiger partial charge < -0.3 is 20.8 Å². The first-order valence-electron chi connectivity index (χ1n) is 11.1. The van der Waals surface area contributed by atoms with Crippen molar-refractivity contribution in [1.82, 2.24) is 14.6 Å². The van der Waals surface area contributed by atoms with Gasteiger partial charge in [-0.25, -0.2) is 8.42 Å². The number of carbonyl (C=O) groups excluding carboxylic acids is 2. The number of primary amides is 1. The highest BCUT2D eigenvalue weighted by atomic mass is 32.2. The van der Waals surface area contributed by atoms with E-state index in [4.69, 9.17) is 16.9 Å². The minimum Gasteiger partial charge on any atom is -0.368 e. The predicted octanol–water partition coefficient (Wildman–Crippen LogP) is 1.61. The van der Waals surface area contributed by atoms with Crippen molar-refractivity contribution >= 4 is 44.1 Å². The molecule has 1 fully saturated rings. The minimum atomic E-state index is -3.92. The van der Waals surface area contributed by atoms with E-state index in [1.807, 2.05) is 24.3 Å². The van der Waals surface area contributed by atoms with Gasteiger partial charge in [0.15, 0.2) is 0 Å². The summed E-state index contributed by atoms with van der Waals surface area (Å²) in [7, 11) is -3.92. The topological polar surface area (TPSA) is 135 Å². The number of aromatic nitrogens is 1. The lowest BCUT2D eigenvalue weighted by atomic mass is 9.99. The van der Waals surface area contributed by atoms with Crippen LogP contribution in [0, 0.1) is 12.3 Å². The molecule has 184 valence electrons. The van der Waals surface area contributed by atoms with Gasteiger partial charge in [0.2, 0.25) is 11.8 Å². The average molecular weight is 515 g/mol. The molecule has 1 aliphatic rings. The number of hydrogen-bond acceptors (Lipinski definition) is 6. The summed E-state index contributed by atoms with van der Waals surface area (Å²) < 4.78 is 33.5. The van der Waals surface area contributed by atoms with Crippen LogP contribution in [-0.2, 0) is 30.8 Å². The molecule has 35 heavy (non-hydrogen) atoms. The Labute approximate surface area is 207 Å². The van der Waals surface area contributed by atoms with E-state index in [2.05, 4.69) is 16.2 Å². The maximum atomic E-state index is 13.4. The zero-order valence-electron chi connectivity index (χ0n) is 18.8. The third-order valence-corrected chi connectivity index (χ3v) is 9.31. The summed E-state index contributed by atoms with van der Waals surface area (Å²) in [4.78, 5) is 28.8. The van der Waals surface area contributed by atoms with Crippen molar-refractivity contribution in [2.45, 2.75) is 41.7 Å². The number of fused-ring (bicyclic) bond motifs is 1. The fourth-order valence-electron chi connectivity index (χ4n) is 4.29. The molecule has 4 N–H and O–H groups in total. The molecule has 2 amide bonds. The molecule has 1 aliphatic heterocycles. The predicted molar refractivity (Wildman–Crippen MR) is 133 cm³/mol. The lowest BCUT2D eigenvalue weighted by Gasteiger charge is -2.37. The lowest BCUT2D eigenvalue weighted by Crippen LogP contribution is -2.58. The number of nitrogens with zero attached hydrogens (tertiary/aromatic N) is 1. The van der Waals surface area contributed by atoms with Crippen LogP contribution in [0.25, 0.3) is 10.9 Å². The van der Waals surface area contributed by atoms with Crippen LogP contribution in [0.5, 0.6) is 0 Å². The zero-order valence-corrected chi connectivity index (χ0v) is 20.5. The first-order chi connectivity index (χ1) is 16.8. The molecule has 4 rings (SSSR count). The van der Waals surface area contributed by atoms with E-state index in [1.54, 1.807) is 17.6 Å². The Bertz CT molecular complexity index is 1340. The number of piperidine rings is 1. The van der Waals surface area contributed by atoms with Crippen LogP contribution in [0.15, 0.2) is 52.2 Å². The molecule has 3 aromatic rings. The molecule has 0 spiro atoms. The van der Waals surface area contributed by atoms with Crippen molar-refractivity contribution in [3.8, 4) is 12.3 Å². The second-order valence-corrected chi connectivity index (χ2v) is 11.3. The molecule has 0 unspecified atom stereocenters. The van der Waals surface area contributed by atoms with Gasteiger partial charge in [0.05, 0.1) is 6.10 Å². The molecule has 0 bridgehead atoms. The van der Waals surface area contributed by atoms with Crippen LogP contribution in [0.2, 0.25) is 0 Å². The average Bonchev–Trinajstić information content (AvgIpc) is 3.53. The Morgan fingerprint density at radius 3 is 2.83 bits per heavy atom. The van der Waals surface area contributed by atoms with Gasteiger partial charge in [-0.1, -0.05) is 30.2 Å². The van der Waals surface area contributed by atoms with Gasteiger partial charge in [0, 0.05) is 30.1 Å². The van der Waals surface area contributed by atoms with E-state index in [1.165, 1.54) is 10.4 Å². The monoisotopic (exact) mass is 514 g/mol. The number of amides is 2. The molecule has 3 atom stereocenters. The number of nitrogens with two attached hydrogens (primary N) is 1. The molecule has 1 saturated heterocycles. The molecule has 9 nitrogen and oxygen atoms in total. The first kappa shape index (κ1) is 24.9. The number of hydrogen-bond donors (Lipinski definition) is 3. The van der Waals surface area contributed by atoms with E-state index in [0.29, 0.717) is 6.42 Å². The number of thiophene rings is 1. The van der Waals surface area contributed by atoms with Gasteiger partial charge in [0.25, 0.3) is 10.0 Å². The Morgan fingerprint density at radius 1 is 1.31 bits per heavy atom. The van der Waals surface area contributed by atoms with Gasteiger partial charge in [0.1, 0.15) is 22.9 Å². The van der Waals surface area contributed by atoms with E-state index >= 15 is 0 Å². The molecule has 11 heteroatoms. The molecule has 3 heterocycles. The number of terminal acetylenes is 1. The number of benzene rings is 1. The summed E-state index contributed by atoms with van der Waals surface area (Å²) >= 11 is 1.08. The Kier molecular flexibility index (Phi) is 7.57. The van der Waals surface area contributed by atoms with E-state index < -0.39 is 40.0 Å². The summed E-state index contributed by atoms with van der Waals surface area (Å²) in [5, 5.41) is 5.26. The summed E-state index contributed by atoms with van der Waals surface area (Å²) in [5.41, 5.74) is 7.33. The van der Waals surface area contributed by atoms with Crippen molar-refractivity contribution in [2.24, 2.45) is 5.73 Å². The third-order valence-electron chi connectivity index (χ3n) is 6.03. The second-order valence-electron chi connectivity index (χ2n) is 8.25. The fraction of sp³-hybridized carbons (Fsp3) is 0.333. The Hall–Kier alpha value is -3.17. The fourth-order valence-corrected chi connectivity index (χ4v) is 7.02. The van der Waals surface area contributed by atoms with Crippen LogP contribution >= 0.6 is 11.3 Å². The largest absolute Gasteiger partial charge is 0.368 e. The number of nitrogens with one attached hydrogen (secondary N) is 2. The number of sulfonamides is 1. The Morgan fingerprint density at radius 2 is 2.11 bits per heavy atom. The van der Waals surface area contributed by atoms with E-state index in [9.17, 15) is 18.0 Å². The van der Waals surface area contributed by atoms with Crippen molar-refractivity contribution in [1.29, 1.82) is 0 Å². The number of para-hydroxylation sites is 1. The highest BCUT2D eigenvalue weighted by Crippen LogP contribution is 2.29. The maximum absolute atomic E-state index is 13.4.